The predicted octanol–water partition coefficient (Wildman–Crippen LogP) is 3.79. The fraction of sp³-hybridized carbons (Fsp3) is 0.444. The topological polar surface area (TPSA) is 29.3 Å². The summed E-state index contributed by atoms with van der Waals surface area (Å²) in [5.74, 6) is 0.700. The van der Waals surface area contributed by atoms with Crippen molar-refractivity contribution in [2.45, 2.75) is 32.2 Å². The Hall–Kier alpha value is -1.54. The van der Waals surface area contributed by atoms with Crippen molar-refractivity contribution in [1.29, 1.82) is 0 Å². The number of benzene rings is 2. The van der Waals surface area contributed by atoms with Crippen molar-refractivity contribution in [3.05, 3.63) is 42.5 Å². The van der Waals surface area contributed by atoms with Gasteiger partial charge in [0.1, 0.15) is 0 Å². The molecule has 1 atom stereocenters. The van der Waals surface area contributed by atoms with Crippen LogP contribution in [0, 0.1) is 5.92 Å². The van der Waals surface area contributed by atoms with E-state index in [9.17, 15) is 0 Å². The summed E-state index contributed by atoms with van der Waals surface area (Å²) in [5, 5.41) is 2.62. The molecule has 1 aliphatic rings. The lowest BCUT2D eigenvalue weighted by Crippen LogP contribution is -2.49. The van der Waals surface area contributed by atoms with Crippen molar-refractivity contribution in [1.82, 2.24) is 0 Å². The Labute approximate surface area is 121 Å². The smallest absolute Gasteiger partial charge is 0.0446 e. The van der Waals surface area contributed by atoms with Crippen LogP contribution in [0.1, 0.15) is 26.7 Å². The van der Waals surface area contributed by atoms with Crippen LogP contribution in [0.5, 0.6) is 0 Å². The van der Waals surface area contributed by atoms with E-state index in [0.29, 0.717) is 5.92 Å². The number of likely N-dealkylation sites (N-methyl/N-ethyl adjacent to an activating group) is 1. The van der Waals surface area contributed by atoms with Crippen LogP contribution in [0.2, 0.25) is 0 Å². The Bertz CT molecular complexity index is 594. The molecule has 1 unspecified atom stereocenters. The molecule has 2 aromatic carbocycles. The molecule has 0 aromatic heterocycles. The van der Waals surface area contributed by atoms with Gasteiger partial charge < -0.3 is 10.6 Å². The van der Waals surface area contributed by atoms with Gasteiger partial charge in [0, 0.05) is 29.7 Å². The first-order valence-corrected chi connectivity index (χ1v) is 7.63. The number of rotatable bonds is 5. The van der Waals surface area contributed by atoms with Crippen molar-refractivity contribution in [2.24, 2.45) is 11.7 Å². The first-order valence-electron chi connectivity index (χ1n) is 7.63. The van der Waals surface area contributed by atoms with Crippen LogP contribution in [0.3, 0.4) is 0 Å². The zero-order valence-electron chi connectivity index (χ0n) is 12.5. The fourth-order valence-electron chi connectivity index (χ4n) is 3.13. The van der Waals surface area contributed by atoms with Crippen LogP contribution in [0.4, 0.5) is 5.69 Å². The number of hydrogen-bond donors (Lipinski definition) is 1. The van der Waals surface area contributed by atoms with Crippen molar-refractivity contribution < 1.29 is 0 Å². The summed E-state index contributed by atoms with van der Waals surface area (Å²) in [5.41, 5.74) is 7.77. The molecule has 106 valence electrons. The minimum absolute atomic E-state index is 0.0764. The van der Waals surface area contributed by atoms with Gasteiger partial charge in [0.2, 0.25) is 0 Å². The molecule has 2 heteroatoms. The van der Waals surface area contributed by atoms with Crippen LogP contribution in [-0.2, 0) is 0 Å². The van der Waals surface area contributed by atoms with Gasteiger partial charge in [-0.1, -0.05) is 36.4 Å². The Balaban J connectivity index is 1.94. The molecule has 1 fully saturated rings. The number of hydrogen-bond acceptors (Lipinski definition) is 2. The minimum Gasteiger partial charge on any atom is -0.369 e. The molecular weight excluding hydrogens is 244 g/mol. The van der Waals surface area contributed by atoms with E-state index in [1.165, 1.54) is 29.3 Å². The molecule has 0 spiro atoms. The van der Waals surface area contributed by atoms with Crippen LogP contribution < -0.4 is 10.6 Å². The average molecular weight is 268 g/mol. The summed E-state index contributed by atoms with van der Waals surface area (Å²) in [6.07, 6.45) is 2.58. The first kappa shape index (κ1) is 13.4. The summed E-state index contributed by atoms with van der Waals surface area (Å²) in [6.45, 7) is 6.35. The van der Waals surface area contributed by atoms with Gasteiger partial charge >= 0.3 is 0 Å². The standard InChI is InChI=1S/C18H24N2/c1-3-20(13-18(2,19)15-11-12-15)17-10-6-8-14-7-4-5-9-16(14)17/h4-10,15H,3,11-13,19H2,1-2H3. The normalized spacial score (nSPS) is 17.9. The molecule has 1 saturated carbocycles. The Morgan fingerprint density at radius 1 is 1.15 bits per heavy atom. The summed E-state index contributed by atoms with van der Waals surface area (Å²) in [6, 6.07) is 15.1. The van der Waals surface area contributed by atoms with Crippen LogP contribution in [0.15, 0.2) is 42.5 Å². The lowest BCUT2D eigenvalue weighted by atomic mass is 9.96. The summed E-state index contributed by atoms with van der Waals surface area (Å²) in [4.78, 5) is 2.43. The van der Waals surface area contributed by atoms with Gasteiger partial charge in [-0.25, -0.2) is 0 Å². The van der Waals surface area contributed by atoms with Crippen molar-refractivity contribution in [3.8, 4) is 0 Å². The third kappa shape index (κ3) is 2.53. The second-order valence-corrected chi connectivity index (χ2v) is 6.29. The molecule has 2 N–H and O–H groups in total. The van der Waals surface area contributed by atoms with Gasteiger partial charge in [0.15, 0.2) is 0 Å². The van der Waals surface area contributed by atoms with E-state index in [4.69, 9.17) is 5.73 Å². The highest BCUT2D eigenvalue weighted by molar-refractivity contribution is 5.94. The molecule has 0 amide bonds. The highest BCUT2D eigenvalue weighted by Crippen LogP contribution is 2.39. The van der Waals surface area contributed by atoms with Crippen molar-refractivity contribution >= 4 is 16.5 Å². The second kappa shape index (κ2) is 5.10. The molecule has 0 radical (unpaired) electrons. The third-order valence-electron chi connectivity index (χ3n) is 4.53. The van der Waals surface area contributed by atoms with Crippen LogP contribution in [0.25, 0.3) is 10.8 Å². The van der Waals surface area contributed by atoms with Gasteiger partial charge in [-0.2, -0.15) is 0 Å². The van der Waals surface area contributed by atoms with Gasteiger partial charge in [0.05, 0.1) is 0 Å². The van der Waals surface area contributed by atoms with Gasteiger partial charge in [-0.15, -0.1) is 0 Å². The lowest BCUT2D eigenvalue weighted by Gasteiger charge is -2.34. The zero-order valence-corrected chi connectivity index (χ0v) is 12.5. The highest BCUT2D eigenvalue weighted by Gasteiger charge is 2.39. The molecule has 2 aromatic rings. The molecule has 0 saturated heterocycles. The Kier molecular flexibility index (Phi) is 3.43. The number of fused-ring (bicyclic) bond motifs is 1. The largest absolute Gasteiger partial charge is 0.369 e. The molecule has 3 rings (SSSR count). The second-order valence-electron chi connectivity index (χ2n) is 6.29. The van der Waals surface area contributed by atoms with Gasteiger partial charge in [-0.3, -0.25) is 0 Å². The summed E-state index contributed by atoms with van der Waals surface area (Å²) in [7, 11) is 0. The van der Waals surface area contributed by atoms with E-state index in [2.05, 4.69) is 61.2 Å². The number of nitrogens with two attached hydrogens (primary N) is 1. The van der Waals surface area contributed by atoms with Crippen molar-refractivity contribution in [2.75, 3.05) is 18.0 Å². The average Bonchev–Trinajstić information content (AvgIpc) is 3.29. The monoisotopic (exact) mass is 268 g/mol. The molecule has 2 nitrogen and oxygen atoms in total. The molecule has 0 bridgehead atoms. The van der Waals surface area contributed by atoms with Crippen molar-refractivity contribution in [3.63, 3.8) is 0 Å². The Morgan fingerprint density at radius 2 is 1.85 bits per heavy atom. The highest BCUT2D eigenvalue weighted by atomic mass is 15.2. The van der Waals surface area contributed by atoms with E-state index in [1.807, 2.05) is 0 Å². The van der Waals surface area contributed by atoms with Crippen LogP contribution >= 0.6 is 0 Å². The molecule has 0 aliphatic heterocycles. The summed E-state index contributed by atoms with van der Waals surface area (Å²) < 4.78 is 0. The van der Waals surface area contributed by atoms with Crippen LogP contribution in [-0.4, -0.2) is 18.6 Å². The third-order valence-corrected chi connectivity index (χ3v) is 4.53. The predicted molar refractivity (Wildman–Crippen MR) is 87.2 cm³/mol. The first-order chi connectivity index (χ1) is 9.62. The molecule has 1 aliphatic carbocycles. The van der Waals surface area contributed by atoms with Gasteiger partial charge in [-0.05, 0) is 44.1 Å². The fourth-order valence-corrected chi connectivity index (χ4v) is 3.13. The quantitative estimate of drug-likeness (QED) is 0.894. The van der Waals surface area contributed by atoms with E-state index >= 15 is 0 Å². The SMILES string of the molecule is CCN(CC(C)(N)C1CC1)c1cccc2ccccc12. The van der Waals surface area contributed by atoms with E-state index in [1.54, 1.807) is 0 Å². The van der Waals surface area contributed by atoms with Gasteiger partial charge in [0.25, 0.3) is 0 Å². The van der Waals surface area contributed by atoms with E-state index in [-0.39, 0.29) is 5.54 Å². The van der Waals surface area contributed by atoms with E-state index in [0.717, 1.165) is 13.1 Å². The maximum atomic E-state index is 6.54. The molecule has 20 heavy (non-hydrogen) atoms. The maximum absolute atomic E-state index is 6.54. The number of anilines is 1. The minimum atomic E-state index is -0.0764. The molecular formula is C18H24N2. The zero-order chi connectivity index (χ0) is 14.2. The molecule has 0 heterocycles. The maximum Gasteiger partial charge on any atom is 0.0446 e. The lowest BCUT2D eigenvalue weighted by molar-refractivity contribution is 0.407. The number of nitrogens with zero attached hydrogens (tertiary/aromatic N) is 1. The Morgan fingerprint density at radius 3 is 2.55 bits per heavy atom. The summed E-state index contributed by atoms with van der Waals surface area (Å²) >= 11 is 0. The van der Waals surface area contributed by atoms with E-state index < -0.39 is 0 Å².